The van der Waals surface area contributed by atoms with Crippen LogP contribution in [-0.4, -0.2) is 68.0 Å². The molecule has 4 atom stereocenters. The number of hydrogen-bond acceptors (Lipinski definition) is 9. The van der Waals surface area contributed by atoms with Crippen molar-refractivity contribution < 1.29 is 44.6 Å². The average Bonchev–Trinajstić information content (AvgIpc) is 2.67. The Labute approximate surface area is 167 Å². The molecule has 0 radical (unpaired) electrons. The van der Waals surface area contributed by atoms with E-state index in [2.05, 4.69) is 0 Å². The third-order valence-electron chi connectivity index (χ3n) is 4.65. The van der Waals surface area contributed by atoms with E-state index in [1.165, 1.54) is 24.3 Å². The second-order valence-corrected chi connectivity index (χ2v) is 7.04. The van der Waals surface area contributed by atoms with Gasteiger partial charge in [0.05, 0.1) is 12.7 Å². The van der Waals surface area contributed by atoms with Crippen molar-refractivity contribution in [2.75, 3.05) is 6.61 Å². The zero-order valence-corrected chi connectivity index (χ0v) is 16.0. The molecule has 1 saturated carbocycles. The summed E-state index contributed by atoms with van der Waals surface area (Å²) in [5.74, 6) is -2.50. The summed E-state index contributed by atoms with van der Waals surface area (Å²) in [6, 6.07) is 3.92. The monoisotopic (exact) mass is 410 g/mol. The Morgan fingerprint density at radius 1 is 1.21 bits per heavy atom. The first-order valence-electron chi connectivity index (χ1n) is 9.32. The molecule has 1 aliphatic rings. The second kappa shape index (κ2) is 9.73. The van der Waals surface area contributed by atoms with E-state index in [0.717, 1.165) is 12.5 Å². The Morgan fingerprint density at radius 3 is 2.59 bits per heavy atom. The molecule has 29 heavy (non-hydrogen) atoms. The van der Waals surface area contributed by atoms with Gasteiger partial charge in [0, 0.05) is 18.9 Å². The van der Waals surface area contributed by atoms with Crippen LogP contribution >= 0.6 is 0 Å². The minimum absolute atomic E-state index is 0.114. The summed E-state index contributed by atoms with van der Waals surface area (Å²) in [6.45, 7) is 2.02. The number of aliphatic hydroxyl groups is 3. The Kier molecular flexibility index (Phi) is 7.60. The second-order valence-electron chi connectivity index (χ2n) is 7.04. The van der Waals surface area contributed by atoms with Crippen LogP contribution in [0.25, 0.3) is 6.08 Å². The number of benzene rings is 1. The molecule has 1 aromatic rings. The van der Waals surface area contributed by atoms with Crippen molar-refractivity contribution in [2.24, 2.45) is 0 Å². The van der Waals surface area contributed by atoms with Crippen molar-refractivity contribution in [1.29, 1.82) is 0 Å². The van der Waals surface area contributed by atoms with E-state index in [0.29, 0.717) is 12.0 Å². The van der Waals surface area contributed by atoms with Crippen LogP contribution in [0.5, 0.6) is 11.5 Å². The van der Waals surface area contributed by atoms with Gasteiger partial charge < -0.3 is 35.0 Å². The van der Waals surface area contributed by atoms with Crippen LogP contribution in [0, 0.1) is 0 Å². The molecule has 1 fully saturated rings. The molecule has 0 aliphatic heterocycles. The smallest absolute Gasteiger partial charge is 0.338 e. The molecule has 0 bridgehead atoms. The number of carbonyl (C=O) groups is 2. The first kappa shape index (κ1) is 22.7. The van der Waals surface area contributed by atoms with E-state index in [1.807, 2.05) is 6.92 Å². The van der Waals surface area contributed by atoms with E-state index in [4.69, 9.17) is 9.47 Å². The molecule has 9 heteroatoms. The van der Waals surface area contributed by atoms with Crippen LogP contribution < -0.4 is 0 Å². The fraction of sp³-hybridized carbons (Fsp3) is 0.500. The van der Waals surface area contributed by atoms with E-state index < -0.39 is 48.7 Å². The van der Waals surface area contributed by atoms with Crippen molar-refractivity contribution in [3.05, 3.63) is 29.8 Å². The maximum Gasteiger partial charge on any atom is 0.338 e. The lowest BCUT2D eigenvalue weighted by atomic mass is 9.79. The molecule has 0 spiro atoms. The lowest BCUT2D eigenvalue weighted by Gasteiger charge is -2.39. The zero-order valence-electron chi connectivity index (χ0n) is 16.0. The largest absolute Gasteiger partial charge is 0.504 e. The number of hydrogen-bond donors (Lipinski definition) is 5. The van der Waals surface area contributed by atoms with Gasteiger partial charge in [-0.05, 0) is 30.2 Å². The third kappa shape index (κ3) is 5.93. The van der Waals surface area contributed by atoms with Crippen molar-refractivity contribution in [3.63, 3.8) is 0 Å². The topological polar surface area (TPSA) is 154 Å². The minimum atomic E-state index is -2.08. The average molecular weight is 410 g/mol. The molecule has 1 aliphatic carbocycles. The van der Waals surface area contributed by atoms with Gasteiger partial charge in [0.25, 0.3) is 0 Å². The zero-order chi connectivity index (χ0) is 21.6. The summed E-state index contributed by atoms with van der Waals surface area (Å²) in [5.41, 5.74) is -1.68. The number of esters is 2. The van der Waals surface area contributed by atoms with Gasteiger partial charge in [0.15, 0.2) is 17.1 Å². The highest BCUT2D eigenvalue weighted by Crippen LogP contribution is 2.32. The fourth-order valence-corrected chi connectivity index (χ4v) is 2.97. The maximum absolute atomic E-state index is 12.2. The minimum Gasteiger partial charge on any atom is -0.504 e. The molecule has 2 rings (SSSR count). The molecule has 1 aromatic carbocycles. The molecule has 0 aromatic heterocycles. The highest BCUT2D eigenvalue weighted by atomic mass is 16.6. The molecule has 0 saturated heterocycles. The standard InChI is InChI=1S/C20H26O9/c1-2-3-8-28-19(26)20(27)10-15(23)18(25)16(11-20)29-17(24)7-5-12-4-6-13(21)14(22)9-12/h4-7,9,15-16,18,21-23,25,27H,2-3,8,10-11H2,1H3. The van der Waals surface area contributed by atoms with E-state index in [9.17, 15) is 35.1 Å². The SMILES string of the molecule is CCCCOC(=O)C1(O)CC(O)C(O)C(OC(=O)C=Cc2ccc(O)c(O)c2)C1. The summed E-state index contributed by atoms with van der Waals surface area (Å²) >= 11 is 0. The van der Waals surface area contributed by atoms with Crippen LogP contribution in [0.3, 0.4) is 0 Å². The summed E-state index contributed by atoms with van der Waals surface area (Å²) in [5, 5.41) is 49.4. The Bertz CT molecular complexity index is 760. The number of aliphatic hydroxyl groups excluding tert-OH is 2. The van der Waals surface area contributed by atoms with Gasteiger partial charge in [0.1, 0.15) is 12.2 Å². The van der Waals surface area contributed by atoms with Crippen molar-refractivity contribution in [1.82, 2.24) is 0 Å². The van der Waals surface area contributed by atoms with E-state index in [1.54, 1.807) is 0 Å². The molecule has 160 valence electrons. The van der Waals surface area contributed by atoms with Crippen LogP contribution in [0.2, 0.25) is 0 Å². The van der Waals surface area contributed by atoms with Gasteiger partial charge in [-0.1, -0.05) is 19.4 Å². The normalized spacial score (nSPS) is 27.0. The van der Waals surface area contributed by atoms with Gasteiger partial charge >= 0.3 is 11.9 Å². The Morgan fingerprint density at radius 2 is 1.93 bits per heavy atom. The number of phenols is 2. The summed E-state index contributed by atoms with van der Waals surface area (Å²) in [6.07, 6.45) is -1.42. The van der Waals surface area contributed by atoms with Crippen LogP contribution in [0.4, 0.5) is 0 Å². The Balaban J connectivity index is 2.03. The summed E-state index contributed by atoms with van der Waals surface area (Å²) in [4.78, 5) is 24.3. The lowest BCUT2D eigenvalue weighted by Crippen LogP contribution is -2.57. The fourth-order valence-electron chi connectivity index (χ4n) is 2.97. The number of aromatic hydroxyl groups is 2. The summed E-state index contributed by atoms with van der Waals surface area (Å²) in [7, 11) is 0. The number of ether oxygens (including phenoxy) is 2. The van der Waals surface area contributed by atoms with Gasteiger partial charge in [0.2, 0.25) is 0 Å². The van der Waals surface area contributed by atoms with Crippen molar-refractivity contribution in [3.8, 4) is 11.5 Å². The number of unbranched alkanes of at least 4 members (excludes halogenated alkanes) is 1. The van der Waals surface area contributed by atoms with E-state index >= 15 is 0 Å². The van der Waals surface area contributed by atoms with Crippen LogP contribution in [0.1, 0.15) is 38.2 Å². The first-order valence-corrected chi connectivity index (χ1v) is 9.32. The Hall–Kier alpha value is -2.62. The van der Waals surface area contributed by atoms with Gasteiger partial charge in [-0.25, -0.2) is 9.59 Å². The number of phenolic OH excluding ortho intramolecular Hbond substituents is 2. The highest BCUT2D eigenvalue weighted by molar-refractivity contribution is 5.87. The number of rotatable bonds is 7. The summed E-state index contributed by atoms with van der Waals surface area (Å²) < 4.78 is 10.1. The highest BCUT2D eigenvalue weighted by Gasteiger charge is 2.51. The van der Waals surface area contributed by atoms with Crippen molar-refractivity contribution >= 4 is 18.0 Å². The van der Waals surface area contributed by atoms with Gasteiger partial charge in [-0.2, -0.15) is 0 Å². The first-order chi connectivity index (χ1) is 13.7. The van der Waals surface area contributed by atoms with Gasteiger partial charge in [-0.15, -0.1) is 0 Å². The lowest BCUT2D eigenvalue weighted by molar-refractivity contribution is -0.200. The van der Waals surface area contributed by atoms with Crippen molar-refractivity contribution in [2.45, 2.75) is 56.5 Å². The predicted octanol–water partition coefficient (Wildman–Crippen LogP) is 0.613. The molecule has 0 heterocycles. The quantitative estimate of drug-likeness (QED) is 0.188. The molecule has 5 N–H and O–H groups in total. The predicted molar refractivity (Wildman–Crippen MR) is 101 cm³/mol. The van der Waals surface area contributed by atoms with Crippen LogP contribution in [-0.2, 0) is 19.1 Å². The van der Waals surface area contributed by atoms with Crippen LogP contribution in [0.15, 0.2) is 24.3 Å². The molecule has 9 nitrogen and oxygen atoms in total. The third-order valence-corrected chi connectivity index (χ3v) is 4.65. The number of carbonyl (C=O) groups excluding carboxylic acids is 2. The maximum atomic E-state index is 12.2. The van der Waals surface area contributed by atoms with E-state index in [-0.39, 0.29) is 18.1 Å². The molecule has 4 unspecified atom stereocenters. The van der Waals surface area contributed by atoms with Gasteiger partial charge in [-0.3, -0.25) is 0 Å². The molecular formula is C20H26O9. The molecular weight excluding hydrogens is 384 g/mol. The molecule has 0 amide bonds.